The summed E-state index contributed by atoms with van der Waals surface area (Å²) in [6, 6.07) is 0.438. The molecule has 0 bridgehead atoms. The second-order valence-corrected chi connectivity index (χ2v) is 5.87. The van der Waals surface area contributed by atoms with Gasteiger partial charge in [-0.15, -0.1) is 0 Å². The lowest BCUT2D eigenvalue weighted by molar-refractivity contribution is 0.437. The summed E-state index contributed by atoms with van der Waals surface area (Å²) in [6.45, 7) is 3.06. The molecule has 0 saturated heterocycles. The highest BCUT2D eigenvalue weighted by Crippen LogP contribution is 2.57. The minimum Gasteiger partial charge on any atom is -0.273 e. The number of nitrogens with zero attached hydrogens (tertiary/aromatic N) is 2. The van der Waals surface area contributed by atoms with Gasteiger partial charge < -0.3 is 0 Å². The Labute approximate surface area is 109 Å². The van der Waals surface area contributed by atoms with Crippen molar-refractivity contribution in [3.63, 3.8) is 0 Å². The highest BCUT2D eigenvalue weighted by Gasteiger charge is 2.53. The minimum atomic E-state index is 0.438. The van der Waals surface area contributed by atoms with E-state index in [1.807, 2.05) is 10.9 Å². The summed E-state index contributed by atoms with van der Waals surface area (Å²) < 4.78 is 1.99. The van der Waals surface area contributed by atoms with Gasteiger partial charge in [0.15, 0.2) is 0 Å². The molecule has 2 aliphatic rings. The van der Waals surface area contributed by atoms with E-state index in [0.29, 0.717) is 6.04 Å². The van der Waals surface area contributed by atoms with Gasteiger partial charge in [0.05, 0.1) is 6.20 Å². The first kappa shape index (κ1) is 12.2. The Kier molecular flexibility index (Phi) is 3.39. The van der Waals surface area contributed by atoms with Crippen LogP contribution in [0.1, 0.15) is 38.2 Å². The summed E-state index contributed by atoms with van der Waals surface area (Å²) in [4.78, 5) is 0. The Hall–Kier alpha value is -0.870. The molecule has 1 heterocycles. The fourth-order valence-corrected chi connectivity index (χ4v) is 3.89. The maximum absolute atomic E-state index is 5.78. The fourth-order valence-electron chi connectivity index (χ4n) is 3.89. The predicted octanol–water partition coefficient (Wildman–Crippen LogP) is 1.71. The van der Waals surface area contributed by atoms with Crippen LogP contribution in [0, 0.1) is 17.8 Å². The van der Waals surface area contributed by atoms with E-state index in [-0.39, 0.29) is 0 Å². The molecule has 3 N–H and O–H groups in total. The fraction of sp³-hybridized carbons (Fsp3) is 0.786. The van der Waals surface area contributed by atoms with Crippen LogP contribution < -0.4 is 11.3 Å². The molecule has 2 aliphatic carbocycles. The van der Waals surface area contributed by atoms with E-state index in [4.69, 9.17) is 5.84 Å². The number of nitrogens with two attached hydrogens (primary N) is 1. The van der Waals surface area contributed by atoms with Crippen LogP contribution in [0.5, 0.6) is 0 Å². The number of hydrazine groups is 1. The number of hydrogen-bond acceptors (Lipinski definition) is 3. The van der Waals surface area contributed by atoms with Crippen LogP contribution in [0.25, 0.3) is 0 Å². The van der Waals surface area contributed by atoms with Crippen molar-refractivity contribution >= 4 is 0 Å². The van der Waals surface area contributed by atoms with Gasteiger partial charge >= 0.3 is 0 Å². The van der Waals surface area contributed by atoms with E-state index < -0.39 is 0 Å². The van der Waals surface area contributed by atoms with E-state index in [1.54, 1.807) is 0 Å². The maximum atomic E-state index is 5.78. The van der Waals surface area contributed by atoms with Crippen molar-refractivity contribution in [1.82, 2.24) is 15.2 Å². The Bertz CT molecular complexity index is 388. The molecule has 1 aromatic heterocycles. The average molecular weight is 248 g/mol. The monoisotopic (exact) mass is 248 g/mol. The Morgan fingerprint density at radius 3 is 2.72 bits per heavy atom. The van der Waals surface area contributed by atoms with Crippen molar-refractivity contribution in [2.75, 3.05) is 0 Å². The van der Waals surface area contributed by atoms with Gasteiger partial charge in [-0.2, -0.15) is 5.10 Å². The van der Waals surface area contributed by atoms with E-state index in [1.165, 1.54) is 31.2 Å². The topological polar surface area (TPSA) is 55.9 Å². The average Bonchev–Trinajstić information content (AvgIpc) is 2.96. The van der Waals surface area contributed by atoms with Crippen molar-refractivity contribution in [3.8, 4) is 0 Å². The van der Waals surface area contributed by atoms with E-state index in [2.05, 4.69) is 23.6 Å². The third kappa shape index (κ3) is 2.19. The Morgan fingerprint density at radius 1 is 1.44 bits per heavy atom. The molecule has 0 aliphatic heterocycles. The smallest absolute Gasteiger partial charge is 0.0522 e. The van der Waals surface area contributed by atoms with Crippen molar-refractivity contribution < 1.29 is 0 Å². The number of rotatable bonds is 5. The molecule has 4 heteroatoms. The highest BCUT2D eigenvalue weighted by atomic mass is 15.3. The molecule has 2 fully saturated rings. The molecule has 0 amide bonds. The standard InChI is InChI=1S/C14H24N4/c1-2-18-9-10(8-16-18)7-13(17-15)14-11-5-3-4-6-12(11)14/h8-9,11-14,17H,2-7,15H2,1H3. The number of aryl methyl sites for hydroxylation is 1. The van der Waals surface area contributed by atoms with Crippen molar-refractivity contribution in [2.24, 2.45) is 23.6 Å². The normalized spacial score (nSPS) is 32.0. The first-order chi connectivity index (χ1) is 8.83. The minimum absolute atomic E-state index is 0.438. The van der Waals surface area contributed by atoms with Crippen LogP contribution >= 0.6 is 0 Å². The van der Waals surface area contributed by atoms with Crippen molar-refractivity contribution in [1.29, 1.82) is 0 Å². The van der Waals surface area contributed by atoms with Gasteiger partial charge in [-0.05, 0) is 49.5 Å². The quantitative estimate of drug-likeness (QED) is 0.616. The summed E-state index contributed by atoms with van der Waals surface area (Å²) in [5.74, 6) is 8.48. The van der Waals surface area contributed by atoms with Gasteiger partial charge in [0.2, 0.25) is 0 Å². The predicted molar refractivity (Wildman–Crippen MR) is 71.7 cm³/mol. The first-order valence-corrected chi connectivity index (χ1v) is 7.31. The molecule has 3 rings (SSSR count). The number of fused-ring (bicyclic) bond motifs is 1. The summed E-state index contributed by atoms with van der Waals surface area (Å²) in [7, 11) is 0. The van der Waals surface area contributed by atoms with E-state index in [0.717, 1.165) is 30.7 Å². The molecule has 1 aromatic rings. The number of aromatic nitrogens is 2. The van der Waals surface area contributed by atoms with Crippen LogP contribution in [-0.2, 0) is 13.0 Å². The zero-order valence-corrected chi connectivity index (χ0v) is 11.2. The Balaban J connectivity index is 1.63. The lowest BCUT2D eigenvalue weighted by atomic mass is 10.0. The number of nitrogens with one attached hydrogen (secondary N) is 1. The second-order valence-electron chi connectivity index (χ2n) is 5.87. The molecule has 0 spiro atoms. The number of hydrogen-bond donors (Lipinski definition) is 2. The van der Waals surface area contributed by atoms with Gasteiger partial charge in [-0.3, -0.25) is 16.0 Å². The Morgan fingerprint density at radius 2 is 2.17 bits per heavy atom. The first-order valence-electron chi connectivity index (χ1n) is 7.31. The molecule has 2 saturated carbocycles. The van der Waals surface area contributed by atoms with E-state index >= 15 is 0 Å². The SMILES string of the molecule is CCn1cc(CC(NN)C2C3CCCCC32)cn1. The molecular formula is C14H24N4. The third-order valence-electron chi connectivity index (χ3n) is 4.87. The molecule has 18 heavy (non-hydrogen) atoms. The highest BCUT2D eigenvalue weighted by molar-refractivity contribution is 5.12. The van der Waals surface area contributed by atoms with E-state index in [9.17, 15) is 0 Å². The summed E-state index contributed by atoms with van der Waals surface area (Å²) in [5, 5.41) is 4.34. The molecular weight excluding hydrogens is 224 g/mol. The summed E-state index contributed by atoms with van der Waals surface area (Å²) in [6.07, 6.45) is 10.8. The summed E-state index contributed by atoms with van der Waals surface area (Å²) in [5.41, 5.74) is 4.37. The van der Waals surface area contributed by atoms with Gasteiger partial charge in [0.25, 0.3) is 0 Å². The largest absolute Gasteiger partial charge is 0.273 e. The molecule has 0 radical (unpaired) electrons. The van der Waals surface area contributed by atoms with Crippen molar-refractivity contribution in [3.05, 3.63) is 18.0 Å². The molecule has 0 aromatic carbocycles. The molecule has 4 nitrogen and oxygen atoms in total. The van der Waals surface area contributed by atoms with Crippen LogP contribution in [0.4, 0.5) is 0 Å². The lowest BCUT2D eigenvalue weighted by Gasteiger charge is -2.15. The van der Waals surface area contributed by atoms with Gasteiger partial charge in [0, 0.05) is 18.8 Å². The molecule has 3 atom stereocenters. The summed E-state index contributed by atoms with van der Waals surface area (Å²) >= 11 is 0. The van der Waals surface area contributed by atoms with Crippen LogP contribution in [0.2, 0.25) is 0 Å². The van der Waals surface area contributed by atoms with Crippen LogP contribution in [0.15, 0.2) is 12.4 Å². The maximum Gasteiger partial charge on any atom is 0.0522 e. The third-order valence-corrected chi connectivity index (χ3v) is 4.87. The molecule has 3 unspecified atom stereocenters. The van der Waals surface area contributed by atoms with Crippen molar-refractivity contribution in [2.45, 2.75) is 51.6 Å². The zero-order chi connectivity index (χ0) is 12.5. The zero-order valence-electron chi connectivity index (χ0n) is 11.2. The van der Waals surface area contributed by atoms with Crippen LogP contribution in [-0.4, -0.2) is 15.8 Å². The molecule has 100 valence electrons. The lowest BCUT2D eigenvalue weighted by Crippen LogP contribution is -2.39. The second kappa shape index (κ2) is 5.02. The van der Waals surface area contributed by atoms with Gasteiger partial charge in [0.1, 0.15) is 0 Å². The van der Waals surface area contributed by atoms with Gasteiger partial charge in [-0.25, -0.2) is 0 Å². The van der Waals surface area contributed by atoms with Crippen LogP contribution in [0.3, 0.4) is 0 Å². The van der Waals surface area contributed by atoms with Gasteiger partial charge in [-0.1, -0.05) is 12.8 Å².